The van der Waals surface area contributed by atoms with Gasteiger partial charge in [-0.05, 0) is 73.3 Å². The molecule has 0 aromatic heterocycles. The molecule has 42 heavy (non-hydrogen) atoms. The summed E-state index contributed by atoms with van der Waals surface area (Å²) >= 11 is 0. The third-order valence-electron chi connectivity index (χ3n) is 6.74. The van der Waals surface area contributed by atoms with Crippen molar-refractivity contribution < 1.29 is 28.8 Å². The van der Waals surface area contributed by atoms with Crippen LogP contribution in [0, 0.1) is 0 Å². The summed E-state index contributed by atoms with van der Waals surface area (Å²) in [6.07, 6.45) is 2.46. The fourth-order valence-corrected chi connectivity index (χ4v) is 4.52. The molecule has 9 heteroatoms. The van der Waals surface area contributed by atoms with Crippen LogP contribution in [0.2, 0.25) is 0 Å². The lowest BCUT2D eigenvalue weighted by Gasteiger charge is -2.33. The number of urea groups is 1. The number of nitrogens with one attached hydrogen (secondary N) is 3. The molecule has 1 atom stereocenters. The largest absolute Gasteiger partial charge is 0.463 e. The van der Waals surface area contributed by atoms with Gasteiger partial charge in [0, 0.05) is 43.9 Å². The zero-order chi connectivity index (χ0) is 29.6. The van der Waals surface area contributed by atoms with E-state index in [0.717, 1.165) is 53.9 Å². The van der Waals surface area contributed by atoms with E-state index < -0.39 is 11.9 Å². The number of anilines is 2. The summed E-state index contributed by atoms with van der Waals surface area (Å²) in [5.74, 6) is 0.193. The van der Waals surface area contributed by atoms with E-state index in [-0.39, 0.29) is 6.03 Å². The van der Waals surface area contributed by atoms with Gasteiger partial charge in [0.05, 0.1) is 32.5 Å². The lowest BCUT2D eigenvalue weighted by molar-refractivity contribution is -0.180. The van der Waals surface area contributed by atoms with Crippen LogP contribution >= 0.6 is 0 Å². The highest BCUT2D eigenvalue weighted by atomic mass is 16.7. The number of aliphatic hydroxyl groups excluding tert-OH is 1. The molecule has 3 aromatic carbocycles. The number of unbranched alkanes of at least 4 members (excludes halogenated alkanes) is 2. The topological polar surface area (TPSA) is 110 Å². The van der Waals surface area contributed by atoms with Crippen LogP contribution in [0.15, 0.2) is 72.8 Å². The molecule has 0 bridgehead atoms. The lowest BCUT2D eigenvalue weighted by Crippen LogP contribution is -2.35. The Morgan fingerprint density at radius 1 is 0.905 bits per heavy atom. The summed E-state index contributed by atoms with van der Waals surface area (Å²) in [4.78, 5) is 12.2. The molecule has 9 nitrogen and oxygen atoms in total. The molecule has 0 unspecified atom stereocenters. The normalized spacial score (nSPS) is 14.5. The van der Waals surface area contributed by atoms with Gasteiger partial charge in [0.25, 0.3) is 0 Å². The van der Waals surface area contributed by atoms with Crippen LogP contribution < -0.4 is 20.7 Å². The highest BCUT2D eigenvalue weighted by Gasteiger charge is 2.27. The number of amides is 2. The van der Waals surface area contributed by atoms with Crippen molar-refractivity contribution in [1.29, 1.82) is 0 Å². The van der Waals surface area contributed by atoms with E-state index in [1.165, 1.54) is 0 Å². The second kappa shape index (κ2) is 16.2. The molecular weight excluding hydrogens is 534 g/mol. The number of benzene rings is 3. The minimum absolute atomic E-state index is 0.290. The number of aliphatic hydroxyl groups is 1. The lowest BCUT2D eigenvalue weighted by atomic mass is 10.0. The Kier molecular flexibility index (Phi) is 12.2. The van der Waals surface area contributed by atoms with Crippen molar-refractivity contribution >= 4 is 17.4 Å². The summed E-state index contributed by atoms with van der Waals surface area (Å²) in [6, 6.07) is 22.4. The second-order valence-corrected chi connectivity index (χ2v) is 10.7. The average Bonchev–Trinajstić information content (AvgIpc) is 2.97. The number of hydrogen-bond acceptors (Lipinski definition) is 7. The van der Waals surface area contributed by atoms with Gasteiger partial charge >= 0.3 is 6.03 Å². The fourth-order valence-electron chi connectivity index (χ4n) is 4.52. The SMILES string of the molecule is CC1(C)OCc2cc([C@@H](O)CNCCCCCOCCOCc3cccc(NC(=O)Nc4ccccc4)c3)ccc2O1. The highest BCUT2D eigenvalue weighted by molar-refractivity contribution is 5.99. The summed E-state index contributed by atoms with van der Waals surface area (Å²) in [5.41, 5.74) is 4.24. The van der Waals surface area contributed by atoms with Gasteiger partial charge in [0.1, 0.15) is 5.75 Å². The van der Waals surface area contributed by atoms with Gasteiger partial charge in [-0.2, -0.15) is 0 Å². The first kappa shape index (κ1) is 31.5. The van der Waals surface area contributed by atoms with E-state index >= 15 is 0 Å². The average molecular weight is 578 g/mol. The highest BCUT2D eigenvalue weighted by Crippen LogP contribution is 2.32. The first-order chi connectivity index (χ1) is 20.4. The van der Waals surface area contributed by atoms with Crippen LogP contribution in [-0.4, -0.2) is 49.8 Å². The van der Waals surface area contributed by atoms with Crippen LogP contribution in [0.25, 0.3) is 0 Å². The van der Waals surface area contributed by atoms with Crippen LogP contribution in [0.5, 0.6) is 5.75 Å². The summed E-state index contributed by atoms with van der Waals surface area (Å²) in [5, 5.41) is 19.5. The molecule has 226 valence electrons. The van der Waals surface area contributed by atoms with Gasteiger partial charge in [0.2, 0.25) is 5.79 Å². The van der Waals surface area contributed by atoms with E-state index in [1.54, 1.807) is 0 Å². The number of carbonyl (C=O) groups excluding carboxylic acids is 1. The molecule has 0 aliphatic carbocycles. The van der Waals surface area contributed by atoms with Gasteiger partial charge in [-0.1, -0.05) is 36.4 Å². The van der Waals surface area contributed by atoms with E-state index in [1.807, 2.05) is 86.6 Å². The smallest absolute Gasteiger partial charge is 0.323 e. The van der Waals surface area contributed by atoms with Crippen molar-refractivity contribution in [2.45, 2.75) is 58.2 Å². The second-order valence-electron chi connectivity index (χ2n) is 10.7. The number of carbonyl (C=O) groups is 1. The Balaban J connectivity index is 0.988. The molecule has 3 aromatic rings. The number of hydrogen-bond donors (Lipinski definition) is 4. The van der Waals surface area contributed by atoms with Crippen molar-refractivity contribution in [3.05, 3.63) is 89.5 Å². The molecule has 2 amide bonds. The third-order valence-corrected chi connectivity index (χ3v) is 6.74. The van der Waals surface area contributed by atoms with Crippen molar-refractivity contribution in [3.63, 3.8) is 0 Å². The molecule has 1 aliphatic rings. The maximum Gasteiger partial charge on any atom is 0.323 e. The van der Waals surface area contributed by atoms with Crippen molar-refractivity contribution in [3.8, 4) is 5.75 Å². The molecule has 0 fully saturated rings. The monoisotopic (exact) mass is 577 g/mol. The van der Waals surface area contributed by atoms with E-state index in [4.69, 9.17) is 18.9 Å². The summed E-state index contributed by atoms with van der Waals surface area (Å²) < 4.78 is 22.9. The van der Waals surface area contributed by atoms with Crippen LogP contribution in [-0.2, 0) is 27.4 Å². The first-order valence-electron chi connectivity index (χ1n) is 14.6. The molecule has 4 N–H and O–H groups in total. The van der Waals surface area contributed by atoms with Crippen molar-refractivity contribution in [2.24, 2.45) is 0 Å². The van der Waals surface area contributed by atoms with Crippen LogP contribution in [0.4, 0.5) is 16.2 Å². The Bertz CT molecular complexity index is 1250. The van der Waals surface area contributed by atoms with Crippen molar-refractivity contribution in [1.82, 2.24) is 5.32 Å². The van der Waals surface area contributed by atoms with Gasteiger partial charge < -0.3 is 40.0 Å². The summed E-state index contributed by atoms with van der Waals surface area (Å²) in [7, 11) is 0. The Labute approximate surface area is 248 Å². The van der Waals surface area contributed by atoms with Crippen LogP contribution in [0.3, 0.4) is 0 Å². The molecular formula is C33H43N3O6. The molecule has 0 radical (unpaired) electrons. The van der Waals surface area contributed by atoms with Gasteiger partial charge in [-0.25, -0.2) is 4.79 Å². The van der Waals surface area contributed by atoms with E-state index in [9.17, 15) is 9.90 Å². The fraction of sp³-hybridized carbons (Fsp3) is 0.424. The minimum Gasteiger partial charge on any atom is -0.463 e. The Morgan fingerprint density at radius 2 is 1.69 bits per heavy atom. The Morgan fingerprint density at radius 3 is 2.55 bits per heavy atom. The first-order valence-corrected chi connectivity index (χ1v) is 14.6. The van der Waals surface area contributed by atoms with E-state index in [2.05, 4.69) is 16.0 Å². The standard InChI is InChI=1S/C33H43N3O6/c1-33(2)41-24-27-21-26(14-15-31(27)42-33)30(37)22-34-16-7-4-8-17-39-18-19-40-23-25-10-9-13-29(20-25)36-32(38)35-28-11-5-3-6-12-28/h3,5-6,9-15,20-21,30,34,37H,4,7-8,16-19,22-24H2,1-2H3,(H2,35,36,38)/t30-/m0/s1. The number of fused-ring (bicyclic) bond motifs is 1. The maximum absolute atomic E-state index is 12.2. The Hall–Kier alpha value is -3.47. The van der Waals surface area contributed by atoms with Crippen LogP contribution in [0.1, 0.15) is 55.9 Å². The summed E-state index contributed by atoms with van der Waals surface area (Å²) in [6.45, 7) is 7.78. The van der Waals surface area contributed by atoms with Gasteiger partial charge in [-0.15, -0.1) is 0 Å². The zero-order valence-electron chi connectivity index (χ0n) is 24.6. The van der Waals surface area contributed by atoms with Gasteiger partial charge in [-0.3, -0.25) is 0 Å². The number of ether oxygens (including phenoxy) is 4. The molecule has 4 rings (SSSR count). The van der Waals surface area contributed by atoms with Crippen molar-refractivity contribution in [2.75, 3.05) is 43.5 Å². The van der Waals surface area contributed by atoms with E-state index in [0.29, 0.717) is 45.3 Å². The quantitative estimate of drug-likeness (QED) is 0.155. The molecule has 1 heterocycles. The van der Waals surface area contributed by atoms with Gasteiger partial charge in [0.15, 0.2) is 0 Å². The number of rotatable bonds is 16. The molecule has 0 saturated carbocycles. The molecule has 1 aliphatic heterocycles. The maximum atomic E-state index is 12.2. The zero-order valence-corrected chi connectivity index (χ0v) is 24.6. The molecule has 0 spiro atoms. The third kappa shape index (κ3) is 10.7. The predicted molar refractivity (Wildman–Crippen MR) is 164 cm³/mol. The molecule has 0 saturated heterocycles. The number of para-hydroxylation sites is 1. The minimum atomic E-state index is -0.620. The predicted octanol–water partition coefficient (Wildman–Crippen LogP) is 6.00.